The average Bonchev–Trinajstić information content (AvgIpc) is 3.16. The van der Waals surface area contributed by atoms with Gasteiger partial charge < -0.3 is 8.98 Å². The van der Waals surface area contributed by atoms with Crippen LogP contribution in [0.3, 0.4) is 0 Å². The first kappa shape index (κ1) is 12.8. The Balaban J connectivity index is 1.63. The summed E-state index contributed by atoms with van der Waals surface area (Å²) in [6, 6.07) is 16.0. The molecule has 4 rings (SSSR count). The number of imidazole rings is 1. The van der Waals surface area contributed by atoms with Crippen LogP contribution in [0.4, 0.5) is 0 Å². The molecule has 5 nitrogen and oxygen atoms in total. The van der Waals surface area contributed by atoms with Gasteiger partial charge in [0.1, 0.15) is 6.54 Å². The van der Waals surface area contributed by atoms with Crippen LogP contribution in [-0.4, -0.2) is 19.7 Å². The number of hydrogen-bond donors (Lipinski definition) is 0. The fraction of sp³-hybridized carbons (Fsp3) is 0.118. The lowest BCUT2D eigenvalue weighted by molar-refractivity contribution is 0.491. The van der Waals surface area contributed by atoms with Crippen LogP contribution < -0.4 is 0 Å². The largest absolute Gasteiger partial charge is 0.419 e. The van der Waals surface area contributed by atoms with Gasteiger partial charge in [0.25, 0.3) is 0 Å². The van der Waals surface area contributed by atoms with E-state index in [0.29, 0.717) is 18.3 Å². The van der Waals surface area contributed by atoms with Gasteiger partial charge in [-0.1, -0.05) is 29.8 Å². The van der Waals surface area contributed by atoms with Crippen LogP contribution in [-0.2, 0) is 6.54 Å². The van der Waals surface area contributed by atoms with Crippen molar-refractivity contribution in [2.24, 2.45) is 0 Å². The van der Waals surface area contributed by atoms with E-state index in [2.05, 4.69) is 15.2 Å². The number of hydrogen-bond acceptors (Lipinski definition) is 4. The normalized spacial score (nSPS) is 11.1. The zero-order valence-electron chi connectivity index (χ0n) is 12.1. The number of rotatable bonds is 3. The molecule has 0 aliphatic carbocycles. The van der Waals surface area contributed by atoms with Crippen LogP contribution in [0.5, 0.6) is 0 Å². The summed E-state index contributed by atoms with van der Waals surface area (Å²) in [7, 11) is 0. The lowest BCUT2D eigenvalue weighted by Gasteiger charge is -1.99. The van der Waals surface area contributed by atoms with Gasteiger partial charge in [0.05, 0.1) is 17.4 Å². The fourth-order valence-corrected chi connectivity index (χ4v) is 2.41. The summed E-state index contributed by atoms with van der Waals surface area (Å²) in [5.41, 5.74) is 4.14. The Hall–Kier alpha value is -2.95. The third-order valence-electron chi connectivity index (χ3n) is 3.60. The molecule has 0 bridgehead atoms. The van der Waals surface area contributed by atoms with Crippen molar-refractivity contribution in [3.05, 3.63) is 66.3 Å². The molecule has 0 fully saturated rings. The smallest absolute Gasteiger partial charge is 0.247 e. The van der Waals surface area contributed by atoms with Crippen LogP contribution in [0, 0.1) is 6.92 Å². The first-order valence-corrected chi connectivity index (χ1v) is 7.09. The molecule has 4 aromatic rings. The standard InChI is InChI=1S/C17H14N4O/c1-12-6-8-13(9-7-12)17-20-19-16(22-17)10-21-11-18-14-4-2-3-5-15(14)21/h2-9,11H,10H2,1H3. The molecule has 5 heteroatoms. The van der Waals surface area contributed by atoms with Crippen molar-refractivity contribution >= 4 is 11.0 Å². The molecule has 108 valence electrons. The number of fused-ring (bicyclic) bond motifs is 1. The Morgan fingerprint density at radius 1 is 1.00 bits per heavy atom. The Morgan fingerprint density at radius 3 is 2.68 bits per heavy atom. The van der Waals surface area contributed by atoms with E-state index >= 15 is 0 Å². The molecule has 0 radical (unpaired) electrons. The number of aromatic nitrogens is 4. The van der Waals surface area contributed by atoms with Crippen molar-refractivity contribution in [2.45, 2.75) is 13.5 Å². The lowest BCUT2D eigenvalue weighted by atomic mass is 10.1. The van der Waals surface area contributed by atoms with E-state index in [4.69, 9.17) is 4.42 Å². The maximum Gasteiger partial charge on any atom is 0.247 e. The van der Waals surface area contributed by atoms with E-state index in [1.165, 1.54) is 5.56 Å². The quantitative estimate of drug-likeness (QED) is 0.580. The van der Waals surface area contributed by atoms with Gasteiger partial charge in [-0.05, 0) is 31.2 Å². The van der Waals surface area contributed by atoms with Crippen molar-refractivity contribution < 1.29 is 4.42 Å². The van der Waals surface area contributed by atoms with Crippen LogP contribution in [0.25, 0.3) is 22.5 Å². The topological polar surface area (TPSA) is 56.7 Å². The van der Waals surface area contributed by atoms with E-state index in [1.54, 1.807) is 6.33 Å². The van der Waals surface area contributed by atoms with Crippen molar-refractivity contribution in [1.29, 1.82) is 0 Å². The van der Waals surface area contributed by atoms with Gasteiger partial charge in [0.15, 0.2) is 0 Å². The van der Waals surface area contributed by atoms with Gasteiger partial charge in [-0.25, -0.2) is 4.98 Å². The minimum absolute atomic E-state index is 0.513. The van der Waals surface area contributed by atoms with E-state index < -0.39 is 0 Å². The van der Waals surface area contributed by atoms with Gasteiger partial charge in [0, 0.05) is 5.56 Å². The van der Waals surface area contributed by atoms with Crippen LogP contribution >= 0.6 is 0 Å². The molecular formula is C17H14N4O. The third kappa shape index (κ3) is 2.26. The van der Waals surface area contributed by atoms with E-state index in [9.17, 15) is 0 Å². The first-order chi connectivity index (χ1) is 10.8. The minimum atomic E-state index is 0.513. The Labute approximate surface area is 127 Å². The Bertz CT molecular complexity index is 921. The molecule has 22 heavy (non-hydrogen) atoms. The van der Waals surface area contributed by atoms with Crippen LogP contribution in [0.2, 0.25) is 0 Å². The van der Waals surface area contributed by atoms with Gasteiger partial charge in [-0.15, -0.1) is 10.2 Å². The second kappa shape index (κ2) is 5.11. The molecular weight excluding hydrogens is 276 g/mol. The maximum atomic E-state index is 5.76. The summed E-state index contributed by atoms with van der Waals surface area (Å²) in [4.78, 5) is 4.36. The average molecular weight is 290 g/mol. The van der Waals surface area contributed by atoms with Crippen molar-refractivity contribution in [3.63, 3.8) is 0 Å². The maximum absolute atomic E-state index is 5.76. The van der Waals surface area contributed by atoms with Gasteiger partial charge >= 0.3 is 0 Å². The molecule has 2 aromatic heterocycles. The van der Waals surface area contributed by atoms with Gasteiger partial charge in [-0.2, -0.15) is 0 Å². The molecule has 2 heterocycles. The molecule has 0 unspecified atom stereocenters. The Kier molecular flexibility index (Phi) is 2.96. The summed E-state index contributed by atoms with van der Waals surface area (Å²) in [6.07, 6.45) is 1.79. The molecule has 0 amide bonds. The molecule has 0 spiro atoms. The second-order valence-electron chi connectivity index (χ2n) is 5.23. The molecule has 0 saturated carbocycles. The predicted octanol–water partition coefficient (Wildman–Crippen LogP) is 3.44. The second-order valence-corrected chi connectivity index (χ2v) is 5.23. The highest BCUT2D eigenvalue weighted by Crippen LogP contribution is 2.19. The van der Waals surface area contributed by atoms with E-state index in [1.807, 2.05) is 60.0 Å². The van der Waals surface area contributed by atoms with E-state index in [0.717, 1.165) is 16.6 Å². The predicted molar refractivity (Wildman–Crippen MR) is 83.3 cm³/mol. The molecule has 0 aliphatic rings. The van der Waals surface area contributed by atoms with Crippen molar-refractivity contribution in [1.82, 2.24) is 19.7 Å². The highest BCUT2D eigenvalue weighted by molar-refractivity contribution is 5.74. The SMILES string of the molecule is Cc1ccc(-c2nnc(Cn3cnc4ccccc43)o2)cc1. The number of para-hydroxylation sites is 2. The molecule has 0 saturated heterocycles. The fourth-order valence-electron chi connectivity index (χ4n) is 2.41. The molecule has 0 N–H and O–H groups in total. The van der Waals surface area contributed by atoms with Gasteiger partial charge in [0.2, 0.25) is 11.8 Å². The van der Waals surface area contributed by atoms with Gasteiger partial charge in [-0.3, -0.25) is 0 Å². The van der Waals surface area contributed by atoms with Crippen molar-refractivity contribution in [2.75, 3.05) is 0 Å². The number of aryl methyl sites for hydroxylation is 1. The molecule has 2 aromatic carbocycles. The highest BCUT2D eigenvalue weighted by atomic mass is 16.4. The number of nitrogens with zero attached hydrogens (tertiary/aromatic N) is 4. The number of benzene rings is 2. The molecule has 0 aliphatic heterocycles. The third-order valence-corrected chi connectivity index (χ3v) is 3.60. The Morgan fingerprint density at radius 2 is 1.82 bits per heavy atom. The monoisotopic (exact) mass is 290 g/mol. The lowest BCUT2D eigenvalue weighted by Crippen LogP contribution is -1.97. The van der Waals surface area contributed by atoms with Crippen molar-refractivity contribution in [3.8, 4) is 11.5 Å². The zero-order chi connectivity index (χ0) is 14.9. The summed E-state index contributed by atoms with van der Waals surface area (Å²) in [5.74, 6) is 1.11. The highest BCUT2D eigenvalue weighted by Gasteiger charge is 2.10. The van der Waals surface area contributed by atoms with E-state index in [-0.39, 0.29) is 0 Å². The molecule has 0 atom stereocenters. The van der Waals surface area contributed by atoms with Crippen LogP contribution in [0.15, 0.2) is 59.3 Å². The van der Waals surface area contributed by atoms with Crippen LogP contribution in [0.1, 0.15) is 11.5 Å². The summed E-state index contributed by atoms with van der Waals surface area (Å²) >= 11 is 0. The summed E-state index contributed by atoms with van der Waals surface area (Å²) in [6.45, 7) is 2.56. The minimum Gasteiger partial charge on any atom is -0.419 e. The summed E-state index contributed by atoms with van der Waals surface area (Å²) < 4.78 is 7.76. The zero-order valence-corrected chi connectivity index (χ0v) is 12.1. The summed E-state index contributed by atoms with van der Waals surface area (Å²) in [5, 5.41) is 8.26. The first-order valence-electron chi connectivity index (χ1n) is 7.09.